The van der Waals surface area contributed by atoms with Crippen molar-refractivity contribution < 1.29 is 66.0 Å². The van der Waals surface area contributed by atoms with Crippen LogP contribution < -0.4 is 16.0 Å². The summed E-state index contributed by atoms with van der Waals surface area (Å²) >= 11 is 0. The number of carbonyl (C=O) groups is 2. The molecule has 2 aliphatic rings. The molecule has 0 fully saturated rings. The second-order valence-corrected chi connectivity index (χ2v) is 23.9. The Kier molecular flexibility index (Phi) is 18.9. The lowest BCUT2D eigenvalue weighted by atomic mass is 9.77. The van der Waals surface area contributed by atoms with Crippen LogP contribution in [0.5, 0.6) is 0 Å². The largest absolute Gasteiger partial charge is 0.369 e. The molecule has 2 aromatic rings. The molecule has 22 heteroatoms. The Balaban J connectivity index is 1.63. The number of allylic oxidation sites excluding steroid dienone is 6. The maximum Gasteiger partial charge on any atom is 0.294 e. The molecule has 7 N–H and O–H groups in total. The van der Waals surface area contributed by atoms with E-state index in [4.69, 9.17) is 5.73 Å². The highest BCUT2D eigenvalue weighted by atomic mass is 32.2. The average molecular weight is 1010 g/mol. The Morgan fingerprint density at radius 2 is 1.36 bits per heavy atom. The van der Waals surface area contributed by atoms with Gasteiger partial charge in [-0.2, -0.15) is 38.2 Å². The zero-order valence-electron chi connectivity index (χ0n) is 38.4. The smallest absolute Gasteiger partial charge is 0.294 e. The molecule has 67 heavy (non-hydrogen) atoms. The number of amides is 2. The number of rotatable bonds is 27. The fourth-order valence-corrected chi connectivity index (χ4v) is 10.8. The third-order valence-corrected chi connectivity index (χ3v) is 15.7. The van der Waals surface area contributed by atoms with Crippen LogP contribution in [-0.2, 0) is 60.9 Å². The van der Waals surface area contributed by atoms with Gasteiger partial charge >= 0.3 is 0 Å². The van der Waals surface area contributed by atoms with Gasteiger partial charge < -0.3 is 16.0 Å². The maximum atomic E-state index is 12.5. The van der Waals surface area contributed by atoms with Crippen LogP contribution in [0.4, 0.5) is 11.4 Å². The lowest BCUT2D eigenvalue weighted by Crippen LogP contribution is -2.29. The van der Waals surface area contributed by atoms with Crippen molar-refractivity contribution in [2.45, 2.75) is 125 Å². The van der Waals surface area contributed by atoms with Gasteiger partial charge in [0.05, 0.1) is 26.7 Å². The molecule has 0 bridgehead atoms. The van der Waals surface area contributed by atoms with Crippen molar-refractivity contribution in [1.29, 1.82) is 0 Å². The Morgan fingerprint density at radius 3 is 1.97 bits per heavy atom. The lowest BCUT2D eigenvalue weighted by Gasteiger charge is -2.30. The summed E-state index contributed by atoms with van der Waals surface area (Å²) in [6.45, 7) is 8.79. The minimum Gasteiger partial charge on any atom is -0.369 e. The Hall–Kier alpha value is -4.29. The number of nitrogens with zero attached hydrogens (tertiary/aromatic N) is 2. The molecule has 0 aliphatic carbocycles. The Bertz CT molecular complexity index is 2730. The van der Waals surface area contributed by atoms with Gasteiger partial charge in [-0.15, -0.1) is 0 Å². The number of nitrogens with one attached hydrogen (secondary N) is 1. The number of primary amides is 1. The number of hydrogen-bond donors (Lipinski definition) is 6. The maximum absolute atomic E-state index is 12.5. The molecule has 2 amide bonds. The van der Waals surface area contributed by atoms with E-state index in [2.05, 4.69) is 9.89 Å². The average Bonchev–Trinajstić information content (AvgIpc) is 3.57. The van der Waals surface area contributed by atoms with E-state index in [0.717, 1.165) is 30.7 Å². The van der Waals surface area contributed by atoms with Gasteiger partial charge in [0.25, 0.3) is 40.5 Å². The number of hydrogen-bond acceptors (Lipinski definition) is 11. The fraction of sp³-hybridized carbons (Fsp3) is 0.533. The van der Waals surface area contributed by atoms with Crippen LogP contribution in [0.15, 0.2) is 82.3 Å². The van der Waals surface area contributed by atoms with Gasteiger partial charge in [-0.1, -0.05) is 38.0 Å². The molecule has 2 heterocycles. The molecule has 2 aromatic carbocycles. The predicted molar refractivity (Wildman–Crippen MR) is 256 cm³/mol. The van der Waals surface area contributed by atoms with Crippen molar-refractivity contribution in [2.75, 3.05) is 36.0 Å². The summed E-state index contributed by atoms with van der Waals surface area (Å²) in [5.41, 5.74) is 7.63. The molecule has 18 nitrogen and oxygen atoms in total. The summed E-state index contributed by atoms with van der Waals surface area (Å²) in [6, 6.07) is 8.61. The van der Waals surface area contributed by atoms with E-state index in [1.807, 2.05) is 31.7 Å². The second kappa shape index (κ2) is 22.9. The van der Waals surface area contributed by atoms with E-state index in [9.17, 15) is 61.5 Å². The zero-order chi connectivity index (χ0) is 50.0. The SMILES string of the molecule is C[C@@H](CCCCNC(=O)CCCCC[N+]1=C(C=CC=CC=C2N(CCCCS(=O)(=O)O)c3ccc(S(=O)(=O)O)cc3C2(C)CCCCS(=O)(=O)O)C(C)(C)c2cc(S(=O)(=O)O)ccc21)C(N)=O. The second-order valence-electron chi connectivity index (χ2n) is 17.9. The van der Waals surface area contributed by atoms with E-state index in [-0.39, 0.29) is 53.3 Å². The first-order chi connectivity index (χ1) is 31.1. The van der Waals surface area contributed by atoms with E-state index in [1.54, 1.807) is 37.3 Å². The first kappa shape index (κ1) is 55.3. The normalized spacial score (nSPS) is 18.6. The standard InChI is InChI=1S/C45H64N4O14S4/c1-33(43(46)51)17-10-12-26-47-42(50)20-9-6-13-27-48-38-23-21-34(66(58,59)60)31-36(38)44(2,3)40(48)18-7-5-8-19-41-45(4,25-11-15-29-64(52,53)54)37-32-35(67(61,62)63)22-24-39(37)49(41)28-14-16-30-65(55,56)57/h5,7-8,18-19,21-24,31-33H,6,9-17,20,25-30H2,1-4H3,(H6-,46,47,50,51,52,53,54,55,56,57,58,59,60,61,62,63)/p+1/t33-,45?/m0/s1. The van der Waals surface area contributed by atoms with Crippen LogP contribution in [0.25, 0.3) is 0 Å². The monoisotopic (exact) mass is 1010 g/mol. The van der Waals surface area contributed by atoms with E-state index in [0.29, 0.717) is 74.1 Å². The summed E-state index contributed by atoms with van der Waals surface area (Å²) < 4.78 is 136. The Morgan fingerprint density at radius 1 is 0.746 bits per heavy atom. The van der Waals surface area contributed by atoms with Crippen LogP contribution in [-0.4, -0.2) is 105 Å². The van der Waals surface area contributed by atoms with Gasteiger partial charge in [0.1, 0.15) is 6.54 Å². The Labute approximate surface area is 395 Å². The van der Waals surface area contributed by atoms with Crippen molar-refractivity contribution in [3.63, 3.8) is 0 Å². The van der Waals surface area contributed by atoms with E-state index in [1.165, 1.54) is 30.3 Å². The molecule has 0 radical (unpaired) electrons. The molecule has 2 atom stereocenters. The topological polar surface area (TPSA) is 296 Å². The van der Waals surface area contributed by atoms with Crippen molar-refractivity contribution in [1.82, 2.24) is 5.32 Å². The molecule has 372 valence electrons. The van der Waals surface area contributed by atoms with Gasteiger partial charge in [-0.25, -0.2) is 0 Å². The summed E-state index contributed by atoms with van der Waals surface area (Å²) in [7, 11) is -17.6. The van der Waals surface area contributed by atoms with E-state index >= 15 is 0 Å². The van der Waals surface area contributed by atoms with Crippen molar-refractivity contribution in [2.24, 2.45) is 11.7 Å². The van der Waals surface area contributed by atoms with Gasteiger partial charge in [0.15, 0.2) is 5.71 Å². The number of unbranched alkanes of at least 4 members (excludes halogenated alkanes) is 5. The molecular weight excluding hydrogens is 949 g/mol. The molecule has 1 unspecified atom stereocenters. The van der Waals surface area contributed by atoms with Crippen LogP contribution in [0.1, 0.15) is 116 Å². The summed E-state index contributed by atoms with van der Waals surface area (Å²) in [6.07, 6.45) is 14.7. The third-order valence-electron chi connectivity index (χ3n) is 12.4. The molecule has 0 saturated heterocycles. The van der Waals surface area contributed by atoms with Gasteiger partial charge in [0, 0.05) is 66.4 Å². The highest BCUT2D eigenvalue weighted by Crippen LogP contribution is 2.51. The molecule has 2 aliphatic heterocycles. The predicted octanol–water partition coefficient (Wildman–Crippen LogP) is 6.02. The molecule has 0 saturated carbocycles. The number of anilines is 1. The molecular formula is C45H65N4O14S4+. The zero-order valence-corrected chi connectivity index (χ0v) is 41.7. The number of fused-ring (bicyclic) bond motifs is 2. The van der Waals surface area contributed by atoms with Crippen molar-refractivity contribution >= 4 is 69.4 Å². The number of carbonyl (C=O) groups excluding carboxylic acids is 2. The first-order valence-corrected chi connectivity index (χ1v) is 28.3. The first-order valence-electron chi connectivity index (χ1n) is 22.2. The van der Waals surface area contributed by atoms with Crippen LogP contribution in [0.2, 0.25) is 0 Å². The molecule has 4 rings (SSSR count). The lowest BCUT2D eigenvalue weighted by molar-refractivity contribution is -0.438. The summed E-state index contributed by atoms with van der Waals surface area (Å²) in [5, 5.41) is 2.92. The highest BCUT2D eigenvalue weighted by molar-refractivity contribution is 7.86. The minimum absolute atomic E-state index is 0.0626. The highest BCUT2D eigenvalue weighted by Gasteiger charge is 2.45. The van der Waals surface area contributed by atoms with Crippen molar-refractivity contribution in [3.05, 3.63) is 83.6 Å². The van der Waals surface area contributed by atoms with E-state index < -0.39 is 62.8 Å². The molecule has 0 aromatic heterocycles. The van der Waals surface area contributed by atoms with Crippen molar-refractivity contribution in [3.8, 4) is 0 Å². The van der Waals surface area contributed by atoms with Crippen LogP contribution >= 0.6 is 0 Å². The van der Waals surface area contributed by atoms with Gasteiger partial charge in [-0.3, -0.25) is 27.8 Å². The van der Waals surface area contributed by atoms with Crippen LogP contribution in [0, 0.1) is 5.92 Å². The van der Waals surface area contributed by atoms with Gasteiger partial charge in [0.2, 0.25) is 17.5 Å². The number of benzene rings is 2. The third kappa shape index (κ3) is 15.6. The fourth-order valence-electron chi connectivity index (χ4n) is 8.69. The van der Waals surface area contributed by atoms with Crippen LogP contribution in [0.3, 0.4) is 0 Å². The summed E-state index contributed by atoms with van der Waals surface area (Å²) in [5.74, 6) is -1.58. The number of nitrogens with two attached hydrogens (primary N) is 1. The minimum atomic E-state index is -4.63. The van der Waals surface area contributed by atoms with Gasteiger partial charge in [-0.05, 0) is 114 Å². The molecule has 0 spiro atoms. The quantitative estimate of drug-likeness (QED) is 0.0258. The summed E-state index contributed by atoms with van der Waals surface area (Å²) in [4.78, 5) is 25.0.